The van der Waals surface area contributed by atoms with Crippen molar-refractivity contribution >= 4 is 17.6 Å². The molecule has 0 aliphatic carbocycles. The average Bonchev–Trinajstić information content (AvgIpc) is 2.46. The van der Waals surface area contributed by atoms with Gasteiger partial charge in [0.1, 0.15) is 5.75 Å². The van der Waals surface area contributed by atoms with Crippen LogP contribution in [0.3, 0.4) is 0 Å². The number of nitrogens with two attached hydrogens (primary N) is 2. The van der Waals surface area contributed by atoms with Crippen molar-refractivity contribution in [3.63, 3.8) is 0 Å². The molecule has 2 rings (SSSR count). The highest BCUT2D eigenvalue weighted by Gasteiger charge is 2.20. The molecular weight excluding hydrogens is 270 g/mol. The van der Waals surface area contributed by atoms with Crippen molar-refractivity contribution in [3.05, 3.63) is 53.6 Å². The Hall–Kier alpha value is -3.40. The minimum absolute atomic E-state index is 0.122. The molecule has 0 saturated carbocycles. The van der Waals surface area contributed by atoms with E-state index in [1.165, 1.54) is 24.5 Å². The number of carbonyl (C=O) groups is 1. The number of phenolic OH excluding ortho intramolecular Hbond substituents is 1. The van der Waals surface area contributed by atoms with E-state index < -0.39 is 11.9 Å². The van der Waals surface area contributed by atoms with Crippen LogP contribution < -0.4 is 11.5 Å². The van der Waals surface area contributed by atoms with Gasteiger partial charge in [-0.05, 0) is 23.8 Å². The van der Waals surface area contributed by atoms with Gasteiger partial charge in [-0.2, -0.15) is 4.99 Å². The molecule has 0 fully saturated rings. The van der Waals surface area contributed by atoms with Crippen LogP contribution in [-0.2, 0) is 0 Å². The van der Waals surface area contributed by atoms with Crippen molar-refractivity contribution in [3.8, 4) is 16.9 Å². The standard InChI is InChI=1S/C14H11N5O2/c1-17-9-2-3-10(20)12(13(21)19-14(15)16)11(9)8-4-6-18-7-5-8/h2-7,20H,(H4,15,16,19,21). The molecule has 0 atom stereocenters. The fourth-order valence-electron chi connectivity index (χ4n) is 1.87. The number of guanidine groups is 1. The van der Waals surface area contributed by atoms with Gasteiger partial charge in [0.25, 0.3) is 5.91 Å². The molecule has 0 spiro atoms. The Kier molecular flexibility index (Phi) is 3.81. The average molecular weight is 281 g/mol. The molecule has 1 aromatic heterocycles. The minimum atomic E-state index is -0.815. The van der Waals surface area contributed by atoms with Gasteiger partial charge < -0.3 is 16.6 Å². The van der Waals surface area contributed by atoms with Crippen LogP contribution in [0.15, 0.2) is 41.7 Å². The number of phenols is 1. The molecule has 104 valence electrons. The maximum Gasteiger partial charge on any atom is 0.283 e. The van der Waals surface area contributed by atoms with E-state index >= 15 is 0 Å². The van der Waals surface area contributed by atoms with E-state index in [1.807, 2.05) is 0 Å². The molecule has 1 heterocycles. The van der Waals surface area contributed by atoms with Crippen molar-refractivity contribution in [1.82, 2.24) is 4.98 Å². The van der Waals surface area contributed by atoms with Gasteiger partial charge in [0.05, 0.1) is 12.1 Å². The maximum atomic E-state index is 12.1. The largest absolute Gasteiger partial charge is 0.507 e. The van der Waals surface area contributed by atoms with Crippen molar-refractivity contribution in [2.24, 2.45) is 16.5 Å². The molecule has 0 saturated heterocycles. The zero-order valence-electron chi connectivity index (χ0n) is 10.8. The van der Waals surface area contributed by atoms with Crippen LogP contribution in [-0.4, -0.2) is 22.0 Å². The summed E-state index contributed by atoms with van der Waals surface area (Å²) in [4.78, 5) is 22.8. The number of aromatic nitrogens is 1. The topological polar surface area (TPSA) is 119 Å². The highest BCUT2D eigenvalue weighted by molar-refractivity contribution is 6.10. The molecule has 0 bridgehead atoms. The molecule has 2 aromatic rings. The quantitative estimate of drug-likeness (QED) is 0.437. The third kappa shape index (κ3) is 2.79. The number of pyridine rings is 1. The van der Waals surface area contributed by atoms with E-state index in [1.54, 1.807) is 12.1 Å². The lowest BCUT2D eigenvalue weighted by molar-refractivity contribution is 0.100. The third-order valence-corrected chi connectivity index (χ3v) is 2.70. The Morgan fingerprint density at radius 3 is 2.48 bits per heavy atom. The lowest BCUT2D eigenvalue weighted by Gasteiger charge is -2.11. The summed E-state index contributed by atoms with van der Waals surface area (Å²) in [5, 5.41) is 9.97. The van der Waals surface area contributed by atoms with Crippen LogP contribution in [0.4, 0.5) is 5.69 Å². The predicted octanol–water partition coefficient (Wildman–Crippen LogP) is 1.42. The van der Waals surface area contributed by atoms with Crippen molar-refractivity contribution < 1.29 is 9.90 Å². The van der Waals surface area contributed by atoms with Gasteiger partial charge in [-0.3, -0.25) is 9.78 Å². The third-order valence-electron chi connectivity index (χ3n) is 2.70. The van der Waals surface area contributed by atoms with Crippen LogP contribution in [0, 0.1) is 6.57 Å². The van der Waals surface area contributed by atoms with Crippen LogP contribution in [0.2, 0.25) is 0 Å². The zero-order valence-corrected chi connectivity index (χ0v) is 10.8. The number of aliphatic imine (C=N–C) groups is 1. The smallest absolute Gasteiger partial charge is 0.283 e. The predicted molar refractivity (Wildman–Crippen MR) is 77.7 cm³/mol. The van der Waals surface area contributed by atoms with Crippen molar-refractivity contribution in [2.45, 2.75) is 0 Å². The first-order valence-corrected chi connectivity index (χ1v) is 5.82. The van der Waals surface area contributed by atoms with E-state index in [-0.39, 0.29) is 22.6 Å². The SMILES string of the molecule is [C-]#[N+]c1ccc(O)c(C(=O)N=C(N)N)c1-c1ccncc1. The molecule has 21 heavy (non-hydrogen) atoms. The summed E-state index contributed by atoms with van der Waals surface area (Å²) in [6.07, 6.45) is 3.03. The molecule has 5 N–H and O–H groups in total. The van der Waals surface area contributed by atoms with Gasteiger partial charge >= 0.3 is 0 Å². The second-order valence-electron chi connectivity index (χ2n) is 4.04. The Labute approximate surface area is 120 Å². The van der Waals surface area contributed by atoms with Crippen molar-refractivity contribution in [2.75, 3.05) is 0 Å². The Balaban J connectivity index is 2.78. The number of aromatic hydroxyl groups is 1. The van der Waals surface area contributed by atoms with E-state index in [2.05, 4.69) is 14.8 Å². The van der Waals surface area contributed by atoms with Crippen molar-refractivity contribution in [1.29, 1.82) is 0 Å². The number of hydrogen-bond donors (Lipinski definition) is 3. The molecule has 0 radical (unpaired) electrons. The summed E-state index contributed by atoms with van der Waals surface area (Å²) in [5.41, 5.74) is 11.3. The molecule has 7 heteroatoms. The maximum absolute atomic E-state index is 12.1. The molecule has 0 unspecified atom stereocenters. The van der Waals surface area contributed by atoms with Crippen LogP contribution >= 0.6 is 0 Å². The molecule has 1 aromatic carbocycles. The van der Waals surface area contributed by atoms with E-state index in [0.717, 1.165) is 0 Å². The Morgan fingerprint density at radius 2 is 1.90 bits per heavy atom. The minimum Gasteiger partial charge on any atom is -0.507 e. The van der Waals surface area contributed by atoms with E-state index in [4.69, 9.17) is 18.0 Å². The molecule has 1 amide bonds. The lowest BCUT2D eigenvalue weighted by Crippen LogP contribution is -2.24. The normalized spacial score (nSPS) is 9.67. The second kappa shape index (κ2) is 5.71. The van der Waals surface area contributed by atoms with Gasteiger partial charge in [0, 0.05) is 18.0 Å². The number of hydrogen-bond acceptors (Lipinski definition) is 3. The number of benzene rings is 1. The first-order chi connectivity index (χ1) is 10.0. The Bertz CT molecular complexity index is 759. The first-order valence-electron chi connectivity index (χ1n) is 5.82. The van der Waals surface area contributed by atoms with Gasteiger partial charge in [-0.25, -0.2) is 4.85 Å². The monoisotopic (exact) mass is 281 g/mol. The molecular formula is C14H11N5O2. The lowest BCUT2D eigenvalue weighted by atomic mass is 9.97. The fraction of sp³-hybridized carbons (Fsp3) is 0. The van der Waals surface area contributed by atoms with E-state index in [0.29, 0.717) is 5.56 Å². The van der Waals surface area contributed by atoms with Gasteiger partial charge in [-0.15, -0.1) is 0 Å². The van der Waals surface area contributed by atoms with Crippen LogP contribution in [0.25, 0.3) is 16.0 Å². The first kappa shape index (κ1) is 14.0. The summed E-state index contributed by atoms with van der Waals surface area (Å²) in [7, 11) is 0. The Morgan fingerprint density at radius 1 is 1.24 bits per heavy atom. The van der Waals surface area contributed by atoms with Gasteiger partial charge in [-0.1, -0.05) is 6.07 Å². The summed E-state index contributed by atoms with van der Waals surface area (Å²) < 4.78 is 0. The molecule has 0 aliphatic heterocycles. The zero-order chi connectivity index (χ0) is 15.4. The second-order valence-corrected chi connectivity index (χ2v) is 4.04. The fourth-order valence-corrected chi connectivity index (χ4v) is 1.87. The summed E-state index contributed by atoms with van der Waals surface area (Å²) in [5.74, 6) is -1.54. The van der Waals surface area contributed by atoms with Gasteiger partial charge in [0.15, 0.2) is 11.6 Å². The summed E-state index contributed by atoms with van der Waals surface area (Å²) in [6.45, 7) is 7.21. The molecule has 7 nitrogen and oxygen atoms in total. The highest BCUT2D eigenvalue weighted by Crippen LogP contribution is 2.38. The number of carbonyl (C=O) groups excluding carboxylic acids is 1. The number of amides is 1. The van der Waals surface area contributed by atoms with Crippen LogP contribution in [0.1, 0.15) is 10.4 Å². The number of rotatable bonds is 2. The number of nitrogens with zero attached hydrogens (tertiary/aromatic N) is 3. The van der Waals surface area contributed by atoms with Crippen LogP contribution in [0.5, 0.6) is 5.75 Å². The van der Waals surface area contributed by atoms with E-state index in [9.17, 15) is 9.90 Å². The molecule has 0 aliphatic rings. The van der Waals surface area contributed by atoms with Gasteiger partial charge in [0.2, 0.25) is 0 Å². The highest BCUT2D eigenvalue weighted by atomic mass is 16.3. The summed E-state index contributed by atoms with van der Waals surface area (Å²) >= 11 is 0. The summed E-state index contributed by atoms with van der Waals surface area (Å²) in [6, 6.07) is 5.92.